The van der Waals surface area contributed by atoms with Crippen LogP contribution in [-0.2, 0) is 4.79 Å². The molecule has 2 rings (SSSR count). The molecule has 0 aliphatic carbocycles. The van der Waals surface area contributed by atoms with Crippen LogP contribution in [0.1, 0.15) is 13.3 Å². The van der Waals surface area contributed by atoms with Crippen LogP contribution in [0.15, 0.2) is 18.2 Å². The highest BCUT2D eigenvalue weighted by molar-refractivity contribution is 5.82. The van der Waals surface area contributed by atoms with E-state index < -0.39 is 0 Å². The van der Waals surface area contributed by atoms with Crippen molar-refractivity contribution >= 4 is 17.3 Å². The molecule has 1 saturated heterocycles. The van der Waals surface area contributed by atoms with E-state index >= 15 is 0 Å². The fraction of sp³-hybridized carbons (Fsp3) is 0.462. The molecule has 0 atom stereocenters. The molecule has 0 radical (unpaired) electrons. The summed E-state index contributed by atoms with van der Waals surface area (Å²) < 4.78 is 5.47. The Balaban J connectivity index is 2.22. The van der Waals surface area contributed by atoms with Crippen molar-refractivity contribution in [3.05, 3.63) is 18.2 Å². The van der Waals surface area contributed by atoms with E-state index in [-0.39, 0.29) is 5.91 Å². The van der Waals surface area contributed by atoms with Gasteiger partial charge in [0, 0.05) is 36.6 Å². The molecule has 5 nitrogen and oxygen atoms in total. The Morgan fingerprint density at radius 2 is 2.28 bits per heavy atom. The molecule has 1 aromatic rings. The van der Waals surface area contributed by atoms with Gasteiger partial charge in [0.15, 0.2) is 0 Å². The molecular formula is C13H19N3O2. The van der Waals surface area contributed by atoms with Crippen LogP contribution in [0, 0.1) is 0 Å². The van der Waals surface area contributed by atoms with Crippen molar-refractivity contribution in [2.45, 2.75) is 13.3 Å². The summed E-state index contributed by atoms with van der Waals surface area (Å²) in [6, 6.07) is 5.60. The average molecular weight is 249 g/mol. The lowest BCUT2D eigenvalue weighted by molar-refractivity contribution is -0.119. The number of hydrogen-bond donors (Lipinski definition) is 2. The van der Waals surface area contributed by atoms with Gasteiger partial charge in [-0.25, -0.2) is 0 Å². The maximum Gasteiger partial charge on any atom is 0.239 e. The van der Waals surface area contributed by atoms with Crippen LogP contribution in [0.25, 0.3) is 0 Å². The molecule has 0 aromatic heterocycles. The number of nitrogens with one attached hydrogen (secondary N) is 1. The van der Waals surface area contributed by atoms with E-state index in [4.69, 9.17) is 10.5 Å². The Morgan fingerprint density at radius 1 is 1.44 bits per heavy atom. The Kier molecular flexibility index (Phi) is 3.92. The monoisotopic (exact) mass is 249 g/mol. The van der Waals surface area contributed by atoms with Gasteiger partial charge in [-0.3, -0.25) is 4.79 Å². The highest BCUT2D eigenvalue weighted by Gasteiger charge is 2.15. The van der Waals surface area contributed by atoms with Crippen molar-refractivity contribution in [1.29, 1.82) is 0 Å². The molecular weight excluding hydrogens is 230 g/mol. The number of benzene rings is 1. The van der Waals surface area contributed by atoms with Gasteiger partial charge in [-0.1, -0.05) is 0 Å². The first-order valence-corrected chi connectivity index (χ1v) is 6.24. The number of carbonyl (C=O) groups excluding carboxylic acids is 1. The van der Waals surface area contributed by atoms with Crippen molar-refractivity contribution in [1.82, 2.24) is 5.32 Å². The molecule has 98 valence electrons. The lowest BCUT2D eigenvalue weighted by Crippen LogP contribution is -2.33. The molecule has 1 aromatic carbocycles. The summed E-state index contributed by atoms with van der Waals surface area (Å²) in [4.78, 5) is 13.6. The Morgan fingerprint density at radius 3 is 3.06 bits per heavy atom. The van der Waals surface area contributed by atoms with Crippen LogP contribution in [-0.4, -0.2) is 32.1 Å². The van der Waals surface area contributed by atoms with Gasteiger partial charge in [-0.2, -0.15) is 0 Å². The zero-order chi connectivity index (χ0) is 13.0. The minimum Gasteiger partial charge on any atom is -0.494 e. The summed E-state index contributed by atoms with van der Waals surface area (Å²) in [6.45, 7) is 4.48. The molecule has 5 heteroatoms. The zero-order valence-electron chi connectivity index (χ0n) is 10.6. The minimum atomic E-state index is 0.0490. The van der Waals surface area contributed by atoms with E-state index in [0.29, 0.717) is 18.8 Å². The molecule has 0 saturated carbocycles. The standard InChI is InChI=1S/C13H19N3O2/c1-2-18-12-7-10(14)6-11(8-12)16-5-3-4-15-13(17)9-16/h6-8H,2-5,9,14H2,1H3,(H,15,17). The van der Waals surface area contributed by atoms with E-state index in [1.165, 1.54) is 0 Å². The van der Waals surface area contributed by atoms with Gasteiger partial charge in [-0.05, 0) is 19.4 Å². The van der Waals surface area contributed by atoms with Crippen LogP contribution in [0.2, 0.25) is 0 Å². The number of nitrogens with two attached hydrogens (primary N) is 1. The van der Waals surface area contributed by atoms with Crippen LogP contribution in [0.3, 0.4) is 0 Å². The minimum absolute atomic E-state index is 0.0490. The van der Waals surface area contributed by atoms with Gasteiger partial charge in [0.2, 0.25) is 5.91 Å². The molecule has 18 heavy (non-hydrogen) atoms. The van der Waals surface area contributed by atoms with Gasteiger partial charge in [0.05, 0.1) is 13.2 Å². The van der Waals surface area contributed by atoms with Crippen LogP contribution in [0.4, 0.5) is 11.4 Å². The van der Waals surface area contributed by atoms with E-state index in [1.54, 1.807) is 6.07 Å². The van der Waals surface area contributed by atoms with Gasteiger partial charge in [0.1, 0.15) is 5.75 Å². The largest absolute Gasteiger partial charge is 0.494 e. The summed E-state index contributed by atoms with van der Waals surface area (Å²) in [5, 5.41) is 2.86. The molecule has 1 aliphatic rings. The van der Waals surface area contributed by atoms with Crippen molar-refractivity contribution in [2.24, 2.45) is 0 Å². The SMILES string of the molecule is CCOc1cc(N)cc(N2CCCNC(=O)C2)c1. The quantitative estimate of drug-likeness (QED) is 0.784. The molecule has 1 heterocycles. The topological polar surface area (TPSA) is 67.6 Å². The maximum absolute atomic E-state index is 11.5. The van der Waals surface area contributed by atoms with Crippen molar-refractivity contribution in [3.8, 4) is 5.75 Å². The lowest BCUT2D eigenvalue weighted by Gasteiger charge is -2.22. The van der Waals surface area contributed by atoms with Gasteiger partial charge < -0.3 is 20.7 Å². The molecule has 0 spiro atoms. The van der Waals surface area contributed by atoms with E-state index in [0.717, 1.165) is 30.9 Å². The van der Waals surface area contributed by atoms with Crippen molar-refractivity contribution in [3.63, 3.8) is 0 Å². The number of nitrogen functional groups attached to an aromatic ring is 1. The first kappa shape index (κ1) is 12.5. The van der Waals surface area contributed by atoms with Gasteiger partial charge in [-0.15, -0.1) is 0 Å². The third-order valence-corrected chi connectivity index (χ3v) is 2.85. The van der Waals surface area contributed by atoms with E-state index in [9.17, 15) is 4.79 Å². The van der Waals surface area contributed by atoms with Gasteiger partial charge >= 0.3 is 0 Å². The second kappa shape index (κ2) is 5.62. The van der Waals surface area contributed by atoms with Crippen LogP contribution in [0.5, 0.6) is 5.75 Å². The van der Waals surface area contributed by atoms with E-state index in [1.807, 2.05) is 24.0 Å². The molecule has 0 bridgehead atoms. The number of rotatable bonds is 3. The van der Waals surface area contributed by atoms with Crippen molar-refractivity contribution < 1.29 is 9.53 Å². The predicted molar refractivity (Wildman–Crippen MR) is 71.9 cm³/mol. The molecule has 1 aliphatic heterocycles. The Labute approximate surface area is 107 Å². The summed E-state index contributed by atoms with van der Waals surface area (Å²) in [6.07, 6.45) is 0.935. The van der Waals surface area contributed by atoms with Gasteiger partial charge in [0.25, 0.3) is 0 Å². The number of hydrogen-bond acceptors (Lipinski definition) is 4. The summed E-state index contributed by atoms with van der Waals surface area (Å²) >= 11 is 0. The average Bonchev–Trinajstić information content (AvgIpc) is 2.53. The summed E-state index contributed by atoms with van der Waals surface area (Å²) in [5.41, 5.74) is 7.46. The first-order chi connectivity index (χ1) is 8.69. The number of nitrogens with zero attached hydrogens (tertiary/aromatic N) is 1. The Bertz CT molecular complexity index is 434. The van der Waals surface area contributed by atoms with E-state index in [2.05, 4.69) is 5.32 Å². The first-order valence-electron chi connectivity index (χ1n) is 6.24. The molecule has 0 unspecified atom stereocenters. The van der Waals surface area contributed by atoms with Crippen LogP contribution >= 0.6 is 0 Å². The second-order valence-corrected chi connectivity index (χ2v) is 4.32. The second-order valence-electron chi connectivity index (χ2n) is 4.32. The predicted octanol–water partition coefficient (Wildman–Crippen LogP) is 0.994. The molecule has 1 amide bonds. The molecule has 3 N–H and O–H groups in total. The summed E-state index contributed by atoms with van der Waals surface area (Å²) in [5.74, 6) is 0.796. The zero-order valence-corrected chi connectivity index (χ0v) is 10.6. The lowest BCUT2D eigenvalue weighted by atomic mass is 10.2. The molecule has 1 fully saturated rings. The fourth-order valence-electron chi connectivity index (χ4n) is 2.06. The number of amides is 1. The third kappa shape index (κ3) is 3.06. The number of carbonyl (C=O) groups is 1. The smallest absolute Gasteiger partial charge is 0.239 e. The normalized spacial score (nSPS) is 16.1. The fourth-order valence-corrected chi connectivity index (χ4v) is 2.06. The van der Waals surface area contributed by atoms with Crippen molar-refractivity contribution in [2.75, 3.05) is 36.9 Å². The summed E-state index contributed by atoms with van der Waals surface area (Å²) in [7, 11) is 0. The Hall–Kier alpha value is -1.91. The number of anilines is 2. The highest BCUT2D eigenvalue weighted by atomic mass is 16.5. The maximum atomic E-state index is 11.5. The highest BCUT2D eigenvalue weighted by Crippen LogP contribution is 2.26. The number of ether oxygens (including phenoxy) is 1. The third-order valence-electron chi connectivity index (χ3n) is 2.85. The van der Waals surface area contributed by atoms with Crippen LogP contribution < -0.4 is 20.7 Å².